The van der Waals surface area contributed by atoms with E-state index in [9.17, 15) is 9.18 Å². The summed E-state index contributed by atoms with van der Waals surface area (Å²) in [5, 5.41) is 0. The minimum Gasteiger partial charge on any atom is -0.338 e. The first kappa shape index (κ1) is 17.2. The number of fused-ring (bicyclic) bond motifs is 2. The average Bonchev–Trinajstić information content (AvgIpc) is 2.92. The van der Waals surface area contributed by atoms with Gasteiger partial charge in [-0.2, -0.15) is 0 Å². The third-order valence-corrected chi connectivity index (χ3v) is 5.93. The SMILES string of the molecule is CN(C)C1[C@@H]2CC[C@H]1CN(C(=O)c1cccc(-c3cccc(F)c3)c1)C2. The second-order valence-electron chi connectivity index (χ2n) is 7.85. The highest BCUT2D eigenvalue weighted by Crippen LogP contribution is 2.39. The second-order valence-corrected chi connectivity index (χ2v) is 7.85. The van der Waals surface area contributed by atoms with Crippen LogP contribution in [0.5, 0.6) is 0 Å². The Bertz CT molecular complexity index is 805. The van der Waals surface area contributed by atoms with Gasteiger partial charge >= 0.3 is 0 Å². The number of rotatable bonds is 3. The van der Waals surface area contributed by atoms with Gasteiger partial charge in [-0.1, -0.05) is 24.3 Å². The quantitative estimate of drug-likeness (QED) is 0.836. The van der Waals surface area contributed by atoms with Crippen molar-refractivity contribution in [3.63, 3.8) is 0 Å². The van der Waals surface area contributed by atoms with Crippen molar-refractivity contribution in [3.05, 3.63) is 59.9 Å². The Morgan fingerprint density at radius 2 is 1.62 bits per heavy atom. The molecule has 1 unspecified atom stereocenters. The van der Waals surface area contributed by atoms with E-state index in [2.05, 4.69) is 19.0 Å². The van der Waals surface area contributed by atoms with E-state index in [4.69, 9.17) is 0 Å². The highest BCUT2D eigenvalue weighted by molar-refractivity contribution is 5.95. The molecule has 0 radical (unpaired) electrons. The molecule has 0 N–H and O–H groups in total. The minimum absolute atomic E-state index is 0.0948. The zero-order valence-corrected chi connectivity index (χ0v) is 15.4. The first-order valence-corrected chi connectivity index (χ1v) is 9.34. The number of piperidine rings is 1. The summed E-state index contributed by atoms with van der Waals surface area (Å²) in [4.78, 5) is 17.4. The molecule has 2 bridgehead atoms. The van der Waals surface area contributed by atoms with Crippen LogP contribution in [0, 0.1) is 17.7 Å². The number of halogens is 1. The van der Waals surface area contributed by atoms with Crippen molar-refractivity contribution in [3.8, 4) is 11.1 Å². The Morgan fingerprint density at radius 1 is 1.00 bits per heavy atom. The van der Waals surface area contributed by atoms with Crippen molar-refractivity contribution >= 4 is 5.91 Å². The molecule has 2 aromatic rings. The van der Waals surface area contributed by atoms with E-state index in [-0.39, 0.29) is 11.7 Å². The van der Waals surface area contributed by atoms with Crippen LogP contribution in [0.25, 0.3) is 11.1 Å². The molecule has 4 heteroatoms. The molecule has 1 amide bonds. The van der Waals surface area contributed by atoms with Gasteiger partial charge in [-0.05, 0) is 74.2 Å². The number of carbonyl (C=O) groups excluding carboxylic acids is 1. The maximum atomic E-state index is 13.5. The number of hydrogen-bond acceptors (Lipinski definition) is 2. The van der Waals surface area contributed by atoms with Crippen molar-refractivity contribution in [2.45, 2.75) is 18.9 Å². The minimum atomic E-state index is -0.262. The normalized spacial score (nSPS) is 24.9. The van der Waals surface area contributed by atoms with Crippen molar-refractivity contribution in [2.24, 2.45) is 11.8 Å². The van der Waals surface area contributed by atoms with Crippen molar-refractivity contribution < 1.29 is 9.18 Å². The lowest BCUT2D eigenvalue weighted by Gasteiger charge is -2.41. The van der Waals surface area contributed by atoms with E-state index in [1.165, 1.54) is 25.0 Å². The van der Waals surface area contributed by atoms with Crippen LogP contribution < -0.4 is 0 Å². The van der Waals surface area contributed by atoms with Gasteiger partial charge in [-0.15, -0.1) is 0 Å². The summed E-state index contributed by atoms with van der Waals surface area (Å²) in [5.41, 5.74) is 2.36. The lowest BCUT2D eigenvalue weighted by molar-refractivity contribution is 0.0487. The van der Waals surface area contributed by atoms with Crippen LogP contribution in [0.1, 0.15) is 23.2 Å². The van der Waals surface area contributed by atoms with E-state index in [1.54, 1.807) is 6.07 Å². The Hall–Kier alpha value is -2.20. The summed E-state index contributed by atoms with van der Waals surface area (Å²) < 4.78 is 13.5. The Kier molecular flexibility index (Phi) is 4.53. The van der Waals surface area contributed by atoms with Crippen LogP contribution in [0.3, 0.4) is 0 Å². The van der Waals surface area contributed by atoms with Gasteiger partial charge in [-0.3, -0.25) is 4.79 Å². The summed E-state index contributed by atoms with van der Waals surface area (Å²) >= 11 is 0. The highest BCUT2D eigenvalue weighted by atomic mass is 19.1. The first-order valence-electron chi connectivity index (χ1n) is 9.34. The smallest absolute Gasteiger partial charge is 0.253 e. The van der Waals surface area contributed by atoms with Crippen LogP contribution in [0.15, 0.2) is 48.5 Å². The maximum absolute atomic E-state index is 13.5. The van der Waals surface area contributed by atoms with Crippen molar-refractivity contribution in [1.29, 1.82) is 0 Å². The molecule has 0 spiro atoms. The Labute approximate surface area is 154 Å². The molecule has 4 rings (SSSR count). The fourth-order valence-electron chi connectivity index (χ4n) is 4.89. The van der Waals surface area contributed by atoms with Gasteiger partial charge in [0, 0.05) is 24.7 Å². The molecular weight excluding hydrogens is 327 g/mol. The van der Waals surface area contributed by atoms with Crippen LogP contribution in [0.4, 0.5) is 4.39 Å². The molecule has 3 nitrogen and oxygen atoms in total. The molecule has 2 aromatic carbocycles. The zero-order valence-electron chi connectivity index (χ0n) is 15.4. The van der Waals surface area contributed by atoms with Crippen LogP contribution >= 0.6 is 0 Å². The lowest BCUT2D eigenvalue weighted by atomic mass is 9.90. The average molecular weight is 352 g/mol. The zero-order chi connectivity index (χ0) is 18.3. The Morgan fingerprint density at radius 3 is 2.23 bits per heavy atom. The summed E-state index contributed by atoms with van der Waals surface area (Å²) in [7, 11) is 4.30. The first-order chi connectivity index (χ1) is 12.5. The van der Waals surface area contributed by atoms with E-state index in [0.29, 0.717) is 23.4 Å². The maximum Gasteiger partial charge on any atom is 0.253 e. The van der Waals surface area contributed by atoms with Gasteiger partial charge in [0.15, 0.2) is 0 Å². The molecule has 1 heterocycles. The van der Waals surface area contributed by atoms with Crippen molar-refractivity contribution in [1.82, 2.24) is 9.80 Å². The van der Waals surface area contributed by atoms with Crippen molar-refractivity contribution in [2.75, 3.05) is 27.2 Å². The molecule has 1 aliphatic heterocycles. The second kappa shape index (κ2) is 6.84. The van der Waals surface area contributed by atoms with Gasteiger partial charge in [0.25, 0.3) is 5.91 Å². The standard InChI is InChI=1S/C22H25FN2O/c1-24(2)21-18-9-10-19(21)14-25(13-18)22(26)17-7-3-5-15(11-17)16-6-4-8-20(23)12-16/h3-8,11-12,18-19,21H,9-10,13-14H2,1-2H3/t18-,19+,21?. The highest BCUT2D eigenvalue weighted by Gasteiger charge is 2.44. The molecule has 136 valence electrons. The lowest BCUT2D eigenvalue weighted by Crippen LogP contribution is -2.52. The van der Waals surface area contributed by atoms with E-state index in [1.807, 2.05) is 35.2 Å². The van der Waals surface area contributed by atoms with Gasteiger partial charge < -0.3 is 9.80 Å². The summed E-state index contributed by atoms with van der Waals surface area (Å²) in [5.74, 6) is 0.970. The van der Waals surface area contributed by atoms with Gasteiger partial charge in [0.2, 0.25) is 0 Å². The molecule has 2 aliphatic rings. The van der Waals surface area contributed by atoms with Crippen LogP contribution in [-0.2, 0) is 0 Å². The topological polar surface area (TPSA) is 23.6 Å². The Balaban J connectivity index is 1.55. The van der Waals surface area contributed by atoms with Gasteiger partial charge in [-0.25, -0.2) is 4.39 Å². The van der Waals surface area contributed by atoms with E-state index >= 15 is 0 Å². The third kappa shape index (κ3) is 3.14. The number of benzene rings is 2. The molecular formula is C22H25FN2O. The summed E-state index contributed by atoms with van der Waals surface area (Å²) in [6.07, 6.45) is 2.42. The molecule has 1 aliphatic carbocycles. The van der Waals surface area contributed by atoms with Crippen LogP contribution in [-0.4, -0.2) is 48.9 Å². The fraction of sp³-hybridized carbons (Fsp3) is 0.409. The molecule has 3 atom stereocenters. The molecule has 2 fully saturated rings. The van der Waals surface area contributed by atoms with Crippen LogP contribution in [0.2, 0.25) is 0 Å². The molecule has 0 aromatic heterocycles. The fourth-order valence-corrected chi connectivity index (χ4v) is 4.89. The number of amides is 1. The van der Waals surface area contributed by atoms with Gasteiger partial charge in [0.1, 0.15) is 5.82 Å². The van der Waals surface area contributed by atoms with E-state index in [0.717, 1.165) is 24.2 Å². The molecule has 1 saturated heterocycles. The predicted molar refractivity (Wildman–Crippen MR) is 101 cm³/mol. The number of carbonyl (C=O) groups is 1. The third-order valence-electron chi connectivity index (χ3n) is 5.93. The molecule has 1 saturated carbocycles. The summed E-state index contributed by atoms with van der Waals surface area (Å²) in [6, 6.07) is 14.7. The van der Waals surface area contributed by atoms with E-state index < -0.39 is 0 Å². The largest absolute Gasteiger partial charge is 0.338 e. The number of hydrogen-bond donors (Lipinski definition) is 0. The predicted octanol–water partition coefficient (Wildman–Crippen LogP) is 3.90. The summed E-state index contributed by atoms with van der Waals surface area (Å²) in [6.45, 7) is 1.67. The monoisotopic (exact) mass is 352 g/mol. The number of likely N-dealkylation sites (tertiary alicyclic amines) is 1. The number of nitrogens with zero attached hydrogens (tertiary/aromatic N) is 2. The van der Waals surface area contributed by atoms with Gasteiger partial charge in [0.05, 0.1) is 0 Å². The molecule has 26 heavy (non-hydrogen) atoms.